The number of hydrogen-bond donors (Lipinski definition) is 1. The first kappa shape index (κ1) is 11.8. The van der Waals surface area contributed by atoms with Gasteiger partial charge in [0.2, 0.25) is 0 Å². The summed E-state index contributed by atoms with van der Waals surface area (Å²) in [4.78, 5) is 11.5. The summed E-state index contributed by atoms with van der Waals surface area (Å²) >= 11 is 6.66. The molecule has 1 N–H and O–H groups in total. The number of aryl methyl sites for hydroxylation is 1. The molecule has 72 valence electrons. The number of amides is 1. The number of carbonyl (C=O) groups is 1. The van der Waals surface area contributed by atoms with Crippen molar-refractivity contribution in [3.8, 4) is 0 Å². The number of aromatic nitrogens is 2. The van der Waals surface area contributed by atoms with E-state index in [1.807, 2.05) is 6.92 Å². The number of nitrogens with one attached hydrogen (secondary N) is 1. The van der Waals surface area contributed by atoms with Crippen molar-refractivity contribution in [3.05, 3.63) is 22.5 Å². The van der Waals surface area contributed by atoms with Crippen molar-refractivity contribution in [1.29, 1.82) is 0 Å². The summed E-state index contributed by atoms with van der Waals surface area (Å²) in [5.41, 5.74) is 1.07. The van der Waals surface area contributed by atoms with Gasteiger partial charge in [-0.3, -0.25) is 0 Å². The first-order valence-electron chi connectivity index (χ1n) is 4.07. The summed E-state index contributed by atoms with van der Waals surface area (Å²) in [7, 11) is 0. The molecule has 4 nitrogen and oxygen atoms in total. The number of halogens is 1. The summed E-state index contributed by atoms with van der Waals surface area (Å²) in [6, 6.07) is 1.63. The van der Waals surface area contributed by atoms with Crippen LogP contribution in [0.1, 0.15) is 23.0 Å². The quantitative estimate of drug-likeness (QED) is 0.874. The van der Waals surface area contributed by atoms with E-state index >= 15 is 0 Å². The van der Waals surface area contributed by atoms with Gasteiger partial charge in [-0.2, -0.15) is 0 Å². The van der Waals surface area contributed by atoms with Crippen LogP contribution >= 0.6 is 11.6 Å². The molecule has 1 atom stereocenters. The fourth-order valence-electron chi connectivity index (χ4n) is 0.862. The Balaban J connectivity index is 2.86. The average Bonchev–Trinajstić information content (AvgIpc) is 2.08. The molecule has 1 unspecified atom stereocenters. The van der Waals surface area contributed by atoms with Gasteiger partial charge in [-0.1, -0.05) is 0 Å². The van der Waals surface area contributed by atoms with Crippen molar-refractivity contribution < 1.29 is 4.79 Å². The first-order chi connectivity index (χ1) is 6.50. The molecule has 0 bridgehead atoms. The van der Waals surface area contributed by atoms with Crippen LogP contribution in [0.5, 0.6) is 0 Å². The van der Waals surface area contributed by atoms with E-state index in [-0.39, 0.29) is 9.71 Å². The van der Waals surface area contributed by atoms with E-state index in [4.69, 9.17) is 11.6 Å². The molecule has 1 aromatic rings. The van der Waals surface area contributed by atoms with Gasteiger partial charge in [0.05, 0.1) is 0 Å². The second-order valence-electron chi connectivity index (χ2n) is 2.97. The second-order valence-corrected chi connectivity index (χ2v) is 6.18. The van der Waals surface area contributed by atoms with Crippen LogP contribution in [0.4, 0.5) is 0 Å². The topological polar surface area (TPSA) is 54.9 Å². The van der Waals surface area contributed by atoms with Crippen LogP contribution in [0, 0.1) is 6.92 Å². The van der Waals surface area contributed by atoms with Crippen LogP contribution < -0.4 is 5.32 Å². The van der Waals surface area contributed by atoms with Gasteiger partial charge < -0.3 is 0 Å². The third-order valence-electron chi connectivity index (χ3n) is 1.52. The molecule has 1 amide bonds. The SMILES string of the molecule is Cc1cc(C(=O)N[CH](C)[In])nnc1Cl. The normalized spacial score (nSPS) is 12.2. The third-order valence-corrected chi connectivity index (χ3v) is 2.36. The summed E-state index contributed by atoms with van der Waals surface area (Å²) in [5.74, 6) is -0.197. The summed E-state index contributed by atoms with van der Waals surface area (Å²) in [6.45, 7) is 3.73. The molecule has 2 radical (unpaired) electrons. The Hall–Kier alpha value is -0.290. The molecule has 0 aromatic carbocycles. The van der Waals surface area contributed by atoms with Crippen LogP contribution in [-0.4, -0.2) is 44.3 Å². The monoisotopic (exact) mass is 313 g/mol. The van der Waals surface area contributed by atoms with Gasteiger partial charge in [-0.25, -0.2) is 0 Å². The van der Waals surface area contributed by atoms with E-state index in [0.29, 0.717) is 10.8 Å². The van der Waals surface area contributed by atoms with E-state index in [0.717, 1.165) is 29.9 Å². The zero-order valence-electron chi connectivity index (χ0n) is 7.91. The van der Waals surface area contributed by atoms with Gasteiger partial charge in [0.15, 0.2) is 0 Å². The van der Waals surface area contributed by atoms with E-state index < -0.39 is 0 Å². The van der Waals surface area contributed by atoms with Gasteiger partial charge in [0, 0.05) is 0 Å². The Morgan fingerprint density at radius 1 is 1.64 bits per heavy atom. The fourth-order valence-corrected chi connectivity index (χ4v) is 1.39. The Kier molecular flexibility index (Phi) is 4.19. The number of carbonyl (C=O) groups excluding carboxylic acids is 1. The molecule has 0 spiro atoms. The predicted molar refractivity (Wildman–Crippen MR) is 54.5 cm³/mol. The van der Waals surface area contributed by atoms with Gasteiger partial charge in [-0.15, -0.1) is 0 Å². The molecule has 0 saturated heterocycles. The third kappa shape index (κ3) is 3.13. The molecule has 6 heteroatoms. The van der Waals surface area contributed by atoms with E-state index in [1.165, 1.54) is 0 Å². The molecule has 0 aliphatic carbocycles. The van der Waals surface area contributed by atoms with Crippen molar-refractivity contribution in [2.24, 2.45) is 0 Å². The Labute approximate surface area is 102 Å². The number of nitrogens with zero attached hydrogens (tertiary/aromatic N) is 2. The second kappa shape index (κ2) is 4.98. The van der Waals surface area contributed by atoms with Crippen molar-refractivity contribution in [3.63, 3.8) is 0 Å². The molecule has 1 rings (SSSR count). The summed E-state index contributed by atoms with van der Waals surface area (Å²) in [6.07, 6.45) is 0. The van der Waals surface area contributed by atoms with Gasteiger partial charge in [-0.05, 0) is 0 Å². The average molecular weight is 313 g/mol. The maximum atomic E-state index is 11.5. The van der Waals surface area contributed by atoms with E-state index in [2.05, 4.69) is 15.5 Å². The zero-order valence-corrected chi connectivity index (χ0v) is 12.0. The molecular formula is C8H9ClInN3O. The van der Waals surface area contributed by atoms with Crippen LogP contribution in [-0.2, 0) is 0 Å². The van der Waals surface area contributed by atoms with Crippen molar-refractivity contribution in [2.75, 3.05) is 0 Å². The standard InChI is InChI=1S/C8H9ClN3O.In/c1-3-10-8(13)6-4-5(2)7(9)12-11-6;/h3-4H,1-2H3,(H,10,13);. The summed E-state index contributed by atoms with van der Waals surface area (Å²) < 4.78 is 0.214. The molecule has 0 saturated carbocycles. The Bertz CT molecular complexity index is 356. The fraction of sp³-hybridized carbons (Fsp3) is 0.375. The van der Waals surface area contributed by atoms with Crippen molar-refractivity contribution >= 4 is 41.9 Å². The minimum atomic E-state index is -0.197. The van der Waals surface area contributed by atoms with E-state index in [1.54, 1.807) is 13.0 Å². The molecule has 0 fully saturated rings. The molecule has 1 heterocycles. The molecule has 1 aromatic heterocycles. The molecular weight excluding hydrogens is 304 g/mol. The van der Waals surface area contributed by atoms with Crippen LogP contribution in [0.15, 0.2) is 6.07 Å². The van der Waals surface area contributed by atoms with Crippen molar-refractivity contribution in [2.45, 2.75) is 17.6 Å². The van der Waals surface area contributed by atoms with Crippen molar-refractivity contribution in [1.82, 2.24) is 15.5 Å². The number of rotatable bonds is 2. The van der Waals surface area contributed by atoms with Gasteiger partial charge >= 0.3 is 102 Å². The predicted octanol–water partition coefficient (Wildman–Crippen LogP) is 0.683. The molecule has 0 aliphatic heterocycles. The van der Waals surface area contributed by atoms with Crippen LogP contribution in [0.25, 0.3) is 0 Å². The molecule has 14 heavy (non-hydrogen) atoms. The van der Waals surface area contributed by atoms with Gasteiger partial charge in [0.1, 0.15) is 0 Å². The minimum absolute atomic E-state index is 0.197. The van der Waals surface area contributed by atoms with Crippen LogP contribution in [0.3, 0.4) is 0 Å². The number of hydrogen-bond acceptors (Lipinski definition) is 3. The van der Waals surface area contributed by atoms with Crippen LogP contribution in [0.2, 0.25) is 5.15 Å². The maximum absolute atomic E-state index is 11.5. The zero-order chi connectivity index (χ0) is 10.7. The van der Waals surface area contributed by atoms with E-state index in [9.17, 15) is 4.79 Å². The molecule has 0 aliphatic rings. The van der Waals surface area contributed by atoms with Gasteiger partial charge in [0.25, 0.3) is 0 Å². The summed E-state index contributed by atoms with van der Waals surface area (Å²) in [5, 5.41) is 10.5. The first-order valence-corrected chi connectivity index (χ1v) is 6.35. The Morgan fingerprint density at radius 3 is 2.79 bits per heavy atom. The Morgan fingerprint density at radius 2 is 2.29 bits per heavy atom.